The first kappa shape index (κ1) is 11.5. The molecule has 0 aliphatic heterocycles. The minimum absolute atomic E-state index is 0.502. The molecule has 1 radical (unpaired) electrons. The second kappa shape index (κ2) is 6.04. The summed E-state index contributed by atoms with van der Waals surface area (Å²) in [7, 11) is 0. The first-order chi connectivity index (χ1) is 5.59. The van der Waals surface area contributed by atoms with Gasteiger partial charge in [-0.25, -0.2) is 4.79 Å². The van der Waals surface area contributed by atoms with Crippen LogP contribution in [0.4, 0.5) is 0 Å². The molecule has 12 heavy (non-hydrogen) atoms. The molecule has 0 N–H and O–H groups in total. The van der Waals surface area contributed by atoms with Crippen LogP contribution >= 0.6 is 0 Å². The Labute approximate surface area is 75.3 Å². The number of carbonyl (C=O) groups excluding carboxylic acids is 1. The first-order valence-corrected chi connectivity index (χ1v) is 4.58. The lowest BCUT2D eigenvalue weighted by atomic mass is 9.84. The van der Waals surface area contributed by atoms with Gasteiger partial charge in [-0.05, 0) is 24.2 Å². The van der Waals surface area contributed by atoms with Crippen LogP contribution in [0.3, 0.4) is 0 Å². The van der Waals surface area contributed by atoms with Gasteiger partial charge in [-0.1, -0.05) is 27.7 Å². The van der Waals surface area contributed by atoms with E-state index in [0.717, 1.165) is 6.42 Å². The van der Waals surface area contributed by atoms with Gasteiger partial charge in [0.1, 0.15) is 0 Å². The third kappa shape index (κ3) is 4.37. The highest BCUT2D eigenvalue weighted by Gasteiger charge is 2.15. The molecular formula is C10H19O2. The van der Waals surface area contributed by atoms with E-state index in [2.05, 4.69) is 32.4 Å². The van der Waals surface area contributed by atoms with Crippen molar-refractivity contribution in [3.8, 4) is 0 Å². The largest absolute Gasteiger partial charge is 0.457 e. The Hall–Kier alpha value is -0.530. The van der Waals surface area contributed by atoms with Crippen LogP contribution in [-0.2, 0) is 9.53 Å². The van der Waals surface area contributed by atoms with Gasteiger partial charge in [0.15, 0.2) is 0 Å². The third-order valence-corrected chi connectivity index (χ3v) is 2.68. The highest BCUT2D eigenvalue weighted by atomic mass is 16.5. The summed E-state index contributed by atoms with van der Waals surface area (Å²) in [5, 5.41) is 0. The van der Waals surface area contributed by atoms with Gasteiger partial charge in [-0.2, -0.15) is 0 Å². The molecule has 0 saturated carbocycles. The molecule has 2 heteroatoms. The Morgan fingerprint density at radius 1 is 1.25 bits per heavy atom. The summed E-state index contributed by atoms with van der Waals surface area (Å²) in [6.45, 7) is 10.8. The van der Waals surface area contributed by atoms with E-state index >= 15 is 0 Å². The van der Waals surface area contributed by atoms with E-state index < -0.39 is 0 Å². The molecule has 0 heterocycles. The number of hydrogen-bond donors (Lipinski definition) is 0. The second-order valence-electron chi connectivity index (χ2n) is 3.80. The topological polar surface area (TPSA) is 26.3 Å². The van der Waals surface area contributed by atoms with Crippen LogP contribution in [0.5, 0.6) is 0 Å². The minimum Gasteiger partial charge on any atom is -0.457 e. The number of hydrogen-bond acceptors (Lipinski definition) is 2. The summed E-state index contributed by atoms with van der Waals surface area (Å²) in [6, 6.07) is 0. The van der Waals surface area contributed by atoms with Crippen LogP contribution < -0.4 is 0 Å². The maximum Gasteiger partial charge on any atom is 0.417 e. The van der Waals surface area contributed by atoms with Crippen LogP contribution in [0.15, 0.2) is 0 Å². The fourth-order valence-electron chi connectivity index (χ4n) is 1.21. The molecule has 2 nitrogen and oxygen atoms in total. The fraction of sp³-hybridized carbons (Fsp3) is 0.900. The molecule has 0 rings (SSSR count). The Balaban J connectivity index is 3.56. The van der Waals surface area contributed by atoms with Crippen LogP contribution in [0, 0.1) is 17.8 Å². The molecular weight excluding hydrogens is 152 g/mol. The second-order valence-corrected chi connectivity index (χ2v) is 3.80. The molecule has 0 aromatic heterocycles. The molecule has 0 saturated heterocycles. The highest BCUT2D eigenvalue weighted by molar-refractivity contribution is 5.37. The summed E-state index contributed by atoms with van der Waals surface area (Å²) in [6.07, 6.45) is 0.939. The van der Waals surface area contributed by atoms with Crippen molar-refractivity contribution in [2.45, 2.75) is 34.1 Å². The monoisotopic (exact) mass is 171 g/mol. The standard InChI is InChI=1S/C10H19O2/c1-8(2)10(4)9(3)5-6-12-7-11/h8-10H,5-6H2,1-4H3. The average Bonchev–Trinajstić information content (AvgIpc) is 2.03. The number of rotatable bonds is 6. The van der Waals surface area contributed by atoms with E-state index in [0.29, 0.717) is 24.4 Å². The Bertz CT molecular complexity index is 121. The van der Waals surface area contributed by atoms with Crippen molar-refractivity contribution in [3.05, 3.63) is 0 Å². The smallest absolute Gasteiger partial charge is 0.417 e. The van der Waals surface area contributed by atoms with Gasteiger partial charge in [0, 0.05) is 0 Å². The fourth-order valence-corrected chi connectivity index (χ4v) is 1.21. The molecule has 0 aromatic carbocycles. The van der Waals surface area contributed by atoms with Crippen LogP contribution in [-0.4, -0.2) is 13.1 Å². The van der Waals surface area contributed by atoms with Crippen molar-refractivity contribution in [1.29, 1.82) is 0 Å². The van der Waals surface area contributed by atoms with E-state index in [1.165, 1.54) is 6.47 Å². The molecule has 0 aliphatic carbocycles. The Morgan fingerprint density at radius 3 is 2.25 bits per heavy atom. The average molecular weight is 171 g/mol. The summed E-state index contributed by atoms with van der Waals surface area (Å²) in [4.78, 5) is 9.74. The maximum absolute atomic E-state index is 9.74. The SMILES string of the molecule is CC(C)C(C)C(C)CCO[C]=O. The highest BCUT2D eigenvalue weighted by Crippen LogP contribution is 2.22. The van der Waals surface area contributed by atoms with Crippen molar-refractivity contribution in [1.82, 2.24) is 0 Å². The van der Waals surface area contributed by atoms with Crippen molar-refractivity contribution < 1.29 is 9.53 Å². The minimum atomic E-state index is 0.502. The Kier molecular flexibility index (Phi) is 5.77. The number of ether oxygens (including phenoxy) is 1. The normalized spacial score (nSPS) is 15.8. The van der Waals surface area contributed by atoms with Gasteiger partial charge in [-0.15, -0.1) is 0 Å². The van der Waals surface area contributed by atoms with E-state index in [4.69, 9.17) is 0 Å². The third-order valence-electron chi connectivity index (χ3n) is 2.68. The molecule has 0 aromatic rings. The first-order valence-electron chi connectivity index (χ1n) is 4.58. The van der Waals surface area contributed by atoms with Gasteiger partial charge in [0.05, 0.1) is 6.61 Å². The van der Waals surface area contributed by atoms with Gasteiger partial charge < -0.3 is 4.74 Å². The lowest BCUT2D eigenvalue weighted by molar-refractivity contribution is 0.209. The summed E-state index contributed by atoms with van der Waals surface area (Å²) in [5.74, 6) is 1.99. The predicted octanol–water partition coefficient (Wildman–Crippen LogP) is 2.39. The summed E-state index contributed by atoms with van der Waals surface area (Å²) < 4.78 is 4.53. The molecule has 0 bridgehead atoms. The molecule has 0 spiro atoms. The van der Waals surface area contributed by atoms with Crippen molar-refractivity contribution in [2.75, 3.05) is 6.61 Å². The van der Waals surface area contributed by atoms with Gasteiger partial charge >= 0.3 is 6.47 Å². The zero-order valence-electron chi connectivity index (χ0n) is 8.46. The zero-order chi connectivity index (χ0) is 9.56. The van der Waals surface area contributed by atoms with Crippen molar-refractivity contribution in [2.24, 2.45) is 17.8 Å². The van der Waals surface area contributed by atoms with Gasteiger partial charge in [0.25, 0.3) is 0 Å². The molecule has 71 valence electrons. The predicted molar refractivity (Wildman–Crippen MR) is 49.4 cm³/mol. The van der Waals surface area contributed by atoms with Crippen LogP contribution in [0.25, 0.3) is 0 Å². The van der Waals surface area contributed by atoms with Crippen LogP contribution in [0.1, 0.15) is 34.1 Å². The van der Waals surface area contributed by atoms with E-state index in [9.17, 15) is 4.79 Å². The van der Waals surface area contributed by atoms with Gasteiger partial charge in [-0.3, -0.25) is 0 Å². The quantitative estimate of drug-likeness (QED) is 0.573. The van der Waals surface area contributed by atoms with E-state index in [1.54, 1.807) is 0 Å². The molecule has 0 amide bonds. The summed E-state index contributed by atoms with van der Waals surface area (Å²) >= 11 is 0. The van der Waals surface area contributed by atoms with E-state index in [-0.39, 0.29) is 0 Å². The molecule has 2 atom stereocenters. The zero-order valence-corrected chi connectivity index (χ0v) is 8.46. The van der Waals surface area contributed by atoms with Crippen molar-refractivity contribution in [3.63, 3.8) is 0 Å². The molecule has 0 aliphatic rings. The lowest BCUT2D eigenvalue weighted by Gasteiger charge is -2.22. The van der Waals surface area contributed by atoms with Crippen molar-refractivity contribution >= 4 is 6.47 Å². The lowest BCUT2D eigenvalue weighted by Crippen LogP contribution is -2.15. The Morgan fingerprint density at radius 2 is 1.83 bits per heavy atom. The summed E-state index contributed by atoms with van der Waals surface area (Å²) in [5.41, 5.74) is 0. The maximum atomic E-state index is 9.74. The van der Waals surface area contributed by atoms with Gasteiger partial charge in [0.2, 0.25) is 0 Å². The van der Waals surface area contributed by atoms with Crippen LogP contribution in [0.2, 0.25) is 0 Å². The molecule has 2 unspecified atom stereocenters. The molecule has 0 fully saturated rings. The van der Waals surface area contributed by atoms with E-state index in [1.807, 2.05) is 0 Å².